The Morgan fingerprint density at radius 2 is 1.54 bits per heavy atom. The van der Waals surface area contributed by atoms with Gasteiger partial charge in [0.15, 0.2) is 6.23 Å². The second kappa shape index (κ2) is 7.48. The predicted octanol–water partition coefficient (Wildman–Crippen LogP) is 4.33. The number of carbonyl (C=O) groups is 1. The van der Waals surface area contributed by atoms with Gasteiger partial charge in [-0.25, -0.2) is 0 Å². The second-order valence-corrected chi connectivity index (χ2v) is 8.45. The van der Waals surface area contributed by atoms with Crippen LogP contribution in [0, 0.1) is 3.57 Å². The molecule has 4 rings (SSSR count). The van der Waals surface area contributed by atoms with Crippen molar-refractivity contribution in [2.45, 2.75) is 11.8 Å². The molecule has 3 aromatic carbocycles. The van der Waals surface area contributed by atoms with Gasteiger partial charge < -0.3 is 15.1 Å². The Morgan fingerprint density at radius 3 is 2.14 bits per heavy atom. The molecule has 2 unspecified atom stereocenters. The lowest BCUT2D eigenvalue weighted by Gasteiger charge is -2.35. The van der Waals surface area contributed by atoms with Crippen LogP contribution in [0.5, 0.6) is 0 Å². The van der Waals surface area contributed by atoms with Crippen LogP contribution >= 0.6 is 34.2 Å². The zero-order chi connectivity index (χ0) is 19.9. The first-order valence-electron chi connectivity index (χ1n) is 8.72. The number of aliphatic hydroxyl groups excluding tert-OH is 1. The first-order valence-corrected chi connectivity index (χ1v) is 10.2. The lowest BCUT2D eigenvalue weighted by molar-refractivity contribution is -0.0288. The van der Waals surface area contributed by atoms with E-state index in [9.17, 15) is 15.0 Å². The summed E-state index contributed by atoms with van der Waals surface area (Å²) in [5.41, 5.74) is 0.720. The summed E-state index contributed by atoms with van der Waals surface area (Å²) in [5, 5.41) is 23.0. The highest BCUT2D eigenvalue weighted by molar-refractivity contribution is 14.1. The Hall–Kier alpha value is -1.93. The molecule has 1 aliphatic heterocycles. The molecule has 142 valence electrons. The summed E-state index contributed by atoms with van der Waals surface area (Å²) in [4.78, 5) is 14.2. The van der Waals surface area contributed by atoms with Gasteiger partial charge in [0.2, 0.25) is 0 Å². The fourth-order valence-electron chi connectivity index (χ4n) is 3.56. The molecule has 0 aromatic heterocycles. The van der Waals surface area contributed by atoms with E-state index < -0.39 is 11.8 Å². The second-order valence-electron chi connectivity index (χ2n) is 6.77. The van der Waals surface area contributed by atoms with E-state index in [0.717, 1.165) is 3.57 Å². The van der Waals surface area contributed by atoms with Crippen LogP contribution in [-0.2, 0) is 5.60 Å². The highest BCUT2D eigenvalue weighted by Gasteiger charge is 2.42. The maximum atomic E-state index is 12.9. The Bertz CT molecular complexity index is 975. The molecule has 1 aliphatic rings. The number of aliphatic hydroxyl groups is 2. The first-order chi connectivity index (χ1) is 13.4. The van der Waals surface area contributed by atoms with E-state index >= 15 is 0 Å². The predicted molar refractivity (Wildman–Crippen MR) is 116 cm³/mol. The number of β-amino-alcohol motifs (C(OH)–C–C–N with tert-alkyl or cyclic N) is 1. The Balaban J connectivity index is 1.78. The summed E-state index contributed by atoms with van der Waals surface area (Å²) in [7, 11) is 0. The van der Waals surface area contributed by atoms with Crippen LogP contribution in [0.15, 0.2) is 72.8 Å². The molecule has 0 bridgehead atoms. The fraction of sp³-hybridized carbons (Fsp3) is 0.136. The third-order valence-electron chi connectivity index (χ3n) is 5.07. The number of nitrogens with zero attached hydrogens (tertiary/aromatic N) is 1. The smallest absolute Gasteiger partial charge is 0.256 e. The van der Waals surface area contributed by atoms with E-state index in [2.05, 4.69) is 22.6 Å². The van der Waals surface area contributed by atoms with E-state index in [4.69, 9.17) is 11.6 Å². The molecule has 4 nitrogen and oxygen atoms in total. The maximum absolute atomic E-state index is 12.9. The topological polar surface area (TPSA) is 60.8 Å². The standard InChI is InChI=1S/C22H17ClINO3/c23-16-9-5-14(6-10-16)22(28,15-7-11-17(24)12-8-15)13-25-20(26)18-3-1-2-4-19(18)21(25)27/h1-12,20,26,28H,13H2. The number of carbonyl (C=O) groups excluding carboxylic acids is 1. The number of benzene rings is 3. The first kappa shape index (κ1) is 19.4. The van der Waals surface area contributed by atoms with Crippen LogP contribution < -0.4 is 0 Å². The molecule has 0 radical (unpaired) electrons. The highest BCUT2D eigenvalue weighted by Crippen LogP contribution is 2.38. The Morgan fingerprint density at radius 1 is 0.964 bits per heavy atom. The van der Waals surface area contributed by atoms with Crippen LogP contribution in [0.4, 0.5) is 0 Å². The molecule has 1 amide bonds. The van der Waals surface area contributed by atoms with Crippen molar-refractivity contribution < 1.29 is 15.0 Å². The van der Waals surface area contributed by atoms with Gasteiger partial charge in [-0.15, -0.1) is 0 Å². The average molecular weight is 506 g/mol. The summed E-state index contributed by atoms with van der Waals surface area (Å²) < 4.78 is 1.03. The molecule has 3 aromatic rings. The summed E-state index contributed by atoms with van der Waals surface area (Å²) in [6.45, 7) is -0.0933. The quantitative estimate of drug-likeness (QED) is 0.519. The van der Waals surface area contributed by atoms with Crippen molar-refractivity contribution in [2.24, 2.45) is 0 Å². The maximum Gasteiger partial charge on any atom is 0.256 e. The molecular weight excluding hydrogens is 489 g/mol. The van der Waals surface area contributed by atoms with E-state index in [1.165, 1.54) is 4.90 Å². The van der Waals surface area contributed by atoms with Gasteiger partial charge in [0, 0.05) is 19.7 Å². The van der Waals surface area contributed by atoms with Crippen molar-refractivity contribution in [3.8, 4) is 0 Å². The van der Waals surface area contributed by atoms with Crippen molar-refractivity contribution in [3.05, 3.63) is 104 Å². The minimum absolute atomic E-state index is 0.0933. The van der Waals surface area contributed by atoms with E-state index in [0.29, 0.717) is 27.3 Å². The van der Waals surface area contributed by atoms with Gasteiger partial charge in [-0.3, -0.25) is 4.79 Å². The number of hydrogen-bond donors (Lipinski definition) is 2. The van der Waals surface area contributed by atoms with Gasteiger partial charge in [-0.1, -0.05) is 54.1 Å². The summed E-state index contributed by atoms with van der Waals surface area (Å²) in [6.07, 6.45) is -1.11. The SMILES string of the molecule is O=C1c2ccccc2C(O)N1CC(O)(c1ccc(Cl)cc1)c1ccc(I)cc1. The Labute approximate surface area is 181 Å². The third-order valence-corrected chi connectivity index (χ3v) is 6.04. The molecule has 28 heavy (non-hydrogen) atoms. The molecule has 0 saturated carbocycles. The molecule has 2 atom stereocenters. The van der Waals surface area contributed by atoms with E-state index in [1.54, 1.807) is 48.5 Å². The molecule has 6 heteroatoms. The normalized spacial score (nSPS) is 18.1. The van der Waals surface area contributed by atoms with Gasteiger partial charge >= 0.3 is 0 Å². The summed E-state index contributed by atoms with van der Waals surface area (Å²) in [6, 6.07) is 21.3. The highest BCUT2D eigenvalue weighted by atomic mass is 127. The molecular formula is C22H17ClINO3. The minimum Gasteiger partial charge on any atom is -0.379 e. The van der Waals surface area contributed by atoms with Crippen LogP contribution in [0.25, 0.3) is 0 Å². The summed E-state index contributed by atoms with van der Waals surface area (Å²) in [5.74, 6) is -0.305. The summed E-state index contributed by atoms with van der Waals surface area (Å²) >= 11 is 8.22. The van der Waals surface area contributed by atoms with Crippen molar-refractivity contribution in [2.75, 3.05) is 6.54 Å². The number of hydrogen-bond acceptors (Lipinski definition) is 3. The minimum atomic E-state index is -1.51. The van der Waals surface area contributed by atoms with E-state index in [-0.39, 0.29) is 12.5 Å². The van der Waals surface area contributed by atoms with Gasteiger partial charge in [0.25, 0.3) is 5.91 Å². The average Bonchev–Trinajstić information content (AvgIpc) is 2.94. The molecule has 0 spiro atoms. The van der Waals surface area contributed by atoms with Crippen molar-refractivity contribution >= 4 is 40.1 Å². The van der Waals surface area contributed by atoms with Crippen molar-refractivity contribution in [1.82, 2.24) is 4.90 Å². The van der Waals surface area contributed by atoms with Crippen LogP contribution in [-0.4, -0.2) is 27.6 Å². The molecule has 0 aliphatic carbocycles. The monoisotopic (exact) mass is 505 g/mol. The number of halogens is 2. The zero-order valence-electron chi connectivity index (χ0n) is 14.7. The number of fused-ring (bicyclic) bond motifs is 1. The third kappa shape index (κ3) is 3.33. The fourth-order valence-corrected chi connectivity index (χ4v) is 4.04. The van der Waals surface area contributed by atoms with Gasteiger partial charge in [-0.05, 0) is 64.0 Å². The van der Waals surface area contributed by atoms with Crippen LogP contribution in [0.1, 0.15) is 33.3 Å². The van der Waals surface area contributed by atoms with Gasteiger partial charge in [-0.2, -0.15) is 0 Å². The Kier molecular flexibility index (Phi) is 5.18. The number of rotatable bonds is 4. The van der Waals surface area contributed by atoms with E-state index in [1.807, 2.05) is 24.3 Å². The van der Waals surface area contributed by atoms with Gasteiger partial charge in [0.05, 0.1) is 6.54 Å². The van der Waals surface area contributed by atoms with Crippen molar-refractivity contribution in [3.63, 3.8) is 0 Å². The lowest BCUT2D eigenvalue weighted by atomic mass is 9.85. The van der Waals surface area contributed by atoms with Crippen molar-refractivity contribution in [1.29, 1.82) is 0 Å². The largest absolute Gasteiger partial charge is 0.379 e. The van der Waals surface area contributed by atoms with Crippen LogP contribution in [0.3, 0.4) is 0 Å². The zero-order valence-corrected chi connectivity index (χ0v) is 17.6. The molecule has 0 saturated heterocycles. The molecule has 1 heterocycles. The molecule has 2 N–H and O–H groups in total. The number of amides is 1. The van der Waals surface area contributed by atoms with Crippen LogP contribution in [0.2, 0.25) is 5.02 Å². The lowest BCUT2D eigenvalue weighted by Crippen LogP contribution is -2.43. The molecule has 0 fully saturated rings. The van der Waals surface area contributed by atoms with Gasteiger partial charge in [0.1, 0.15) is 5.60 Å².